The zero-order valence-corrected chi connectivity index (χ0v) is 10.1. The van der Waals surface area contributed by atoms with Crippen LogP contribution in [0.3, 0.4) is 0 Å². The molecule has 2 aliphatic heterocycles. The van der Waals surface area contributed by atoms with Gasteiger partial charge in [-0.05, 0) is 37.9 Å². The Bertz CT molecular complexity index is 320. The highest BCUT2D eigenvalue weighted by molar-refractivity contribution is 5.83. The van der Waals surface area contributed by atoms with Gasteiger partial charge in [-0.25, -0.2) is 9.38 Å². The van der Waals surface area contributed by atoms with Crippen LogP contribution in [0.25, 0.3) is 0 Å². The number of piperidine rings is 1. The van der Waals surface area contributed by atoms with E-state index >= 15 is 0 Å². The number of likely N-dealkylation sites (tertiary alicyclic amines) is 1. The number of aliphatic imine (C=N–C) groups is 1. The molecule has 0 aromatic carbocycles. The Kier molecular flexibility index (Phi) is 3.79. The van der Waals surface area contributed by atoms with E-state index in [4.69, 9.17) is 11.5 Å². The third-order valence-electron chi connectivity index (χ3n) is 3.86. The van der Waals surface area contributed by atoms with Gasteiger partial charge in [-0.15, -0.1) is 0 Å². The predicted molar refractivity (Wildman–Crippen MR) is 67.4 cm³/mol. The molecule has 1 atom stereocenters. The van der Waals surface area contributed by atoms with E-state index < -0.39 is 0 Å². The van der Waals surface area contributed by atoms with E-state index in [1.54, 1.807) is 6.20 Å². The van der Waals surface area contributed by atoms with Crippen LogP contribution in [0.1, 0.15) is 19.3 Å². The van der Waals surface area contributed by atoms with Crippen molar-refractivity contribution >= 4 is 5.84 Å². The van der Waals surface area contributed by atoms with Crippen molar-refractivity contribution < 1.29 is 4.39 Å². The van der Waals surface area contributed by atoms with E-state index in [0.717, 1.165) is 25.9 Å². The second kappa shape index (κ2) is 5.14. The summed E-state index contributed by atoms with van der Waals surface area (Å²) in [5.74, 6) is 1.03. The van der Waals surface area contributed by atoms with Crippen LogP contribution < -0.4 is 11.5 Å². The fourth-order valence-electron chi connectivity index (χ4n) is 2.78. The van der Waals surface area contributed by atoms with Gasteiger partial charge in [0.15, 0.2) is 0 Å². The summed E-state index contributed by atoms with van der Waals surface area (Å²) in [4.78, 5) is 6.20. The summed E-state index contributed by atoms with van der Waals surface area (Å²) in [5, 5.41) is 0. The summed E-state index contributed by atoms with van der Waals surface area (Å²) in [5.41, 5.74) is 11.8. The highest BCUT2D eigenvalue weighted by atomic mass is 19.1. The molecule has 1 unspecified atom stereocenters. The number of halogens is 1. The molecule has 2 rings (SSSR count). The number of rotatable bonds is 3. The van der Waals surface area contributed by atoms with Crippen LogP contribution in [0, 0.1) is 5.92 Å². The maximum Gasteiger partial charge on any atom is 0.102 e. The van der Waals surface area contributed by atoms with Crippen molar-refractivity contribution in [2.45, 2.75) is 24.8 Å². The van der Waals surface area contributed by atoms with Gasteiger partial charge in [-0.2, -0.15) is 0 Å². The minimum absolute atomic E-state index is 0.266. The van der Waals surface area contributed by atoms with Crippen LogP contribution >= 0.6 is 0 Å². The Morgan fingerprint density at radius 2 is 2.18 bits per heavy atom. The molecular weight excluding hydrogens is 219 g/mol. The van der Waals surface area contributed by atoms with Gasteiger partial charge in [-0.3, -0.25) is 0 Å². The first-order valence-corrected chi connectivity index (χ1v) is 6.21. The summed E-state index contributed by atoms with van der Waals surface area (Å²) >= 11 is 0. The summed E-state index contributed by atoms with van der Waals surface area (Å²) in [6.07, 6.45) is 6.34. The first kappa shape index (κ1) is 12.5. The minimum Gasteiger partial charge on any atom is -0.387 e. The number of hydrogen-bond donors (Lipinski definition) is 2. The van der Waals surface area contributed by atoms with E-state index in [1.165, 1.54) is 0 Å². The van der Waals surface area contributed by atoms with E-state index in [1.807, 2.05) is 6.08 Å². The lowest BCUT2D eigenvalue weighted by Gasteiger charge is -2.41. The van der Waals surface area contributed by atoms with Crippen molar-refractivity contribution in [2.75, 3.05) is 26.3 Å². The molecule has 0 aromatic heterocycles. The molecule has 4 nitrogen and oxygen atoms in total. The van der Waals surface area contributed by atoms with Crippen LogP contribution in [0.2, 0.25) is 0 Å². The molecule has 0 bridgehead atoms. The van der Waals surface area contributed by atoms with Gasteiger partial charge in [0.05, 0.1) is 0 Å². The molecule has 2 heterocycles. The first-order valence-electron chi connectivity index (χ1n) is 6.21. The molecular formula is C12H21FN4. The molecule has 0 aliphatic carbocycles. The number of hydrogen-bond acceptors (Lipinski definition) is 4. The maximum absolute atomic E-state index is 12.2. The van der Waals surface area contributed by atoms with E-state index in [-0.39, 0.29) is 12.2 Å². The molecule has 4 N–H and O–H groups in total. The molecule has 0 amide bonds. The average Bonchev–Trinajstić information content (AvgIpc) is 2.30. The van der Waals surface area contributed by atoms with Crippen molar-refractivity contribution in [1.82, 2.24) is 4.90 Å². The summed E-state index contributed by atoms with van der Waals surface area (Å²) in [6.45, 7) is 2.14. The molecule has 96 valence electrons. The lowest BCUT2D eigenvalue weighted by atomic mass is 9.75. The smallest absolute Gasteiger partial charge is 0.102 e. The predicted octanol–water partition coefficient (Wildman–Crippen LogP) is 0.640. The molecule has 0 spiro atoms. The quantitative estimate of drug-likeness (QED) is 0.760. The Labute approximate surface area is 102 Å². The van der Waals surface area contributed by atoms with Crippen LogP contribution in [0.4, 0.5) is 4.39 Å². The number of amidine groups is 1. The Morgan fingerprint density at radius 1 is 1.47 bits per heavy atom. The van der Waals surface area contributed by atoms with Crippen molar-refractivity contribution in [1.29, 1.82) is 0 Å². The Hall–Kier alpha value is -0.940. The molecule has 0 radical (unpaired) electrons. The normalized spacial score (nSPS) is 31.5. The summed E-state index contributed by atoms with van der Waals surface area (Å²) < 4.78 is 12.2. The number of nitrogens with two attached hydrogens (primary N) is 2. The van der Waals surface area contributed by atoms with Crippen molar-refractivity contribution in [3.8, 4) is 0 Å². The van der Waals surface area contributed by atoms with Gasteiger partial charge < -0.3 is 16.4 Å². The second-order valence-corrected chi connectivity index (χ2v) is 5.03. The third kappa shape index (κ3) is 2.84. The summed E-state index contributed by atoms with van der Waals surface area (Å²) in [6, 6.07) is 0. The molecule has 0 aromatic rings. The average molecular weight is 240 g/mol. The van der Waals surface area contributed by atoms with E-state index in [9.17, 15) is 4.39 Å². The van der Waals surface area contributed by atoms with Gasteiger partial charge in [0.1, 0.15) is 12.5 Å². The molecule has 1 saturated heterocycles. The van der Waals surface area contributed by atoms with Crippen LogP contribution in [0.5, 0.6) is 0 Å². The zero-order valence-electron chi connectivity index (χ0n) is 10.1. The zero-order chi connectivity index (χ0) is 12.3. The van der Waals surface area contributed by atoms with Gasteiger partial charge >= 0.3 is 0 Å². The highest BCUT2D eigenvalue weighted by Gasteiger charge is 2.36. The molecule has 0 saturated carbocycles. The van der Waals surface area contributed by atoms with Crippen molar-refractivity contribution in [2.24, 2.45) is 22.4 Å². The monoisotopic (exact) mass is 240 g/mol. The van der Waals surface area contributed by atoms with Crippen LogP contribution in [-0.4, -0.2) is 42.6 Å². The fraction of sp³-hybridized carbons (Fsp3) is 0.750. The van der Waals surface area contributed by atoms with Crippen molar-refractivity contribution in [3.63, 3.8) is 0 Å². The Morgan fingerprint density at radius 3 is 2.76 bits per heavy atom. The lowest BCUT2D eigenvalue weighted by molar-refractivity contribution is 0.141. The van der Waals surface area contributed by atoms with Gasteiger partial charge in [0.25, 0.3) is 0 Å². The minimum atomic E-state index is -0.354. The third-order valence-corrected chi connectivity index (χ3v) is 3.86. The molecule has 1 fully saturated rings. The largest absolute Gasteiger partial charge is 0.387 e. The number of nitrogens with zero attached hydrogens (tertiary/aromatic N) is 2. The molecule has 17 heavy (non-hydrogen) atoms. The number of alkyl halides is 1. The van der Waals surface area contributed by atoms with E-state index in [0.29, 0.717) is 24.7 Å². The van der Waals surface area contributed by atoms with Crippen LogP contribution in [-0.2, 0) is 0 Å². The van der Waals surface area contributed by atoms with E-state index in [2.05, 4.69) is 9.89 Å². The lowest BCUT2D eigenvalue weighted by Crippen LogP contribution is -2.53. The summed E-state index contributed by atoms with van der Waals surface area (Å²) in [7, 11) is 0. The topological polar surface area (TPSA) is 67.6 Å². The molecule has 2 aliphatic rings. The SMILES string of the molecule is NC1=NC=CC(N)(C2CCN(CCF)CC2)C1. The molecule has 5 heteroatoms. The van der Waals surface area contributed by atoms with Gasteiger partial charge in [-0.1, -0.05) is 0 Å². The maximum atomic E-state index is 12.2. The second-order valence-electron chi connectivity index (χ2n) is 5.03. The fourth-order valence-corrected chi connectivity index (χ4v) is 2.78. The van der Waals surface area contributed by atoms with Gasteiger partial charge in [0.2, 0.25) is 0 Å². The highest BCUT2D eigenvalue weighted by Crippen LogP contribution is 2.31. The van der Waals surface area contributed by atoms with Crippen molar-refractivity contribution in [3.05, 3.63) is 12.3 Å². The van der Waals surface area contributed by atoms with Crippen LogP contribution in [0.15, 0.2) is 17.3 Å². The van der Waals surface area contributed by atoms with Gasteiger partial charge in [0, 0.05) is 24.7 Å². The first-order chi connectivity index (χ1) is 8.14. The standard InChI is InChI=1S/C12H21FN4/c13-4-8-17-6-1-10(2-7-17)12(15)3-5-16-11(14)9-12/h3,5,10H,1-2,4,6-9,15H2,(H2,14,16). The Balaban J connectivity index is 1.92.